The zero-order valence-electron chi connectivity index (χ0n) is 31.6. The Labute approximate surface area is 316 Å². The van der Waals surface area contributed by atoms with Crippen molar-refractivity contribution in [3.05, 3.63) is 131 Å². The van der Waals surface area contributed by atoms with E-state index >= 15 is 0 Å². The zero-order chi connectivity index (χ0) is 38.4. The van der Waals surface area contributed by atoms with E-state index < -0.39 is 26.3 Å². The molecule has 0 bridgehead atoms. The van der Waals surface area contributed by atoms with Gasteiger partial charge in [-0.05, 0) is 99.8 Å². The molecule has 9 nitrogen and oxygen atoms in total. The molecule has 53 heavy (non-hydrogen) atoms. The number of nitrogens with one attached hydrogen (secondary N) is 1. The van der Waals surface area contributed by atoms with E-state index in [4.69, 9.17) is 29.7 Å². The molecule has 0 heterocycles. The summed E-state index contributed by atoms with van der Waals surface area (Å²) in [5.74, 6) is 3.70. The third kappa shape index (κ3) is 10.5. The summed E-state index contributed by atoms with van der Waals surface area (Å²) < 4.78 is 33.4. The summed E-state index contributed by atoms with van der Waals surface area (Å²) in [7, 11) is 1.63. The molecule has 1 N–H and O–H groups in total. The van der Waals surface area contributed by atoms with Crippen LogP contribution in [0.3, 0.4) is 0 Å². The number of hydrogen-bond acceptors (Lipinski definition) is 8. The van der Waals surface area contributed by atoms with Gasteiger partial charge in [-0.1, -0.05) is 60.5 Å². The lowest BCUT2D eigenvalue weighted by Gasteiger charge is -2.40. The van der Waals surface area contributed by atoms with Gasteiger partial charge in [0, 0.05) is 23.2 Å². The van der Waals surface area contributed by atoms with Crippen LogP contribution in [0.1, 0.15) is 73.7 Å². The Balaban J connectivity index is 1.82. The zero-order valence-corrected chi connectivity index (χ0v) is 32.5. The highest BCUT2D eigenvalue weighted by molar-refractivity contribution is 7.44. The van der Waals surface area contributed by atoms with Gasteiger partial charge in [-0.25, -0.2) is 4.67 Å². The fourth-order valence-corrected chi connectivity index (χ4v) is 7.80. The average molecular weight is 736 g/mol. The Morgan fingerprint density at radius 1 is 0.811 bits per heavy atom. The van der Waals surface area contributed by atoms with Gasteiger partial charge in [-0.2, -0.15) is 5.26 Å². The molecule has 0 spiro atoms. The first kappa shape index (κ1) is 41.0. The van der Waals surface area contributed by atoms with Gasteiger partial charge in [0.05, 0.1) is 52.1 Å². The topological polar surface area (TPSA) is 102 Å². The predicted octanol–water partition coefficient (Wildman–Crippen LogP) is 8.47. The van der Waals surface area contributed by atoms with E-state index in [1.54, 1.807) is 38.5 Å². The molecule has 3 atom stereocenters. The molecule has 4 rings (SSSR count). The molecular weight excluding hydrogens is 685 g/mol. The van der Waals surface area contributed by atoms with Crippen LogP contribution in [0, 0.1) is 23.7 Å². The van der Waals surface area contributed by atoms with Crippen LogP contribution in [0.2, 0.25) is 0 Å². The molecule has 0 aliphatic carbocycles. The lowest BCUT2D eigenvalue weighted by molar-refractivity contribution is -0.0181. The summed E-state index contributed by atoms with van der Waals surface area (Å²) in [4.78, 5) is 13.9. The van der Waals surface area contributed by atoms with Gasteiger partial charge in [0.25, 0.3) is 14.4 Å². The van der Waals surface area contributed by atoms with Crippen molar-refractivity contribution in [1.29, 1.82) is 5.26 Å². The van der Waals surface area contributed by atoms with Crippen LogP contribution in [0.4, 0.5) is 0 Å². The quantitative estimate of drug-likeness (QED) is 0.0443. The average Bonchev–Trinajstić information content (AvgIpc) is 3.18. The maximum Gasteiger partial charge on any atom is 0.259 e. The third-order valence-corrected chi connectivity index (χ3v) is 11.0. The number of ether oxygens (including phenoxy) is 3. The van der Waals surface area contributed by atoms with Crippen molar-refractivity contribution in [2.75, 3.05) is 27.4 Å². The Bertz CT molecular complexity index is 1750. The standard InChI is InChI=1S/C43H50N3O6P/c1-9-34-16-18-35(19-17-34)42(47)45-41(33(6)52-53(51-29-13-28-44)46(31(2)3)32(4)5)30-50-43(36-14-11-10-12-15-36,37-20-24-39(48-7)25-21-37)38-22-26-40(49-8)27-23-38/h1,10-12,14-27,31-33,41H,13,29-30H2,2-8H3,(H,45,47)/t33-,41-,53?/m0/s1. The summed E-state index contributed by atoms with van der Waals surface area (Å²) in [5, 5.41) is 12.5. The minimum absolute atomic E-state index is 0.0347. The van der Waals surface area contributed by atoms with Crippen LogP contribution in [-0.4, -0.2) is 62.2 Å². The number of nitrogens with zero attached hydrogens (tertiary/aromatic N) is 2. The minimum atomic E-state index is -1.63. The largest absolute Gasteiger partial charge is 0.497 e. The number of carbonyl (C=O) groups excluding carboxylic acids is 1. The second-order valence-electron chi connectivity index (χ2n) is 13.0. The molecule has 278 valence electrons. The number of methoxy groups -OCH3 is 2. The van der Waals surface area contributed by atoms with Crippen molar-refractivity contribution >= 4 is 14.4 Å². The number of benzene rings is 4. The van der Waals surface area contributed by atoms with E-state index in [-0.39, 0.29) is 37.6 Å². The summed E-state index contributed by atoms with van der Waals surface area (Å²) in [6.45, 7) is 10.5. The van der Waals surface area contributed by atoms with Gasteiger partial charge in [0.15, 0.2) is 0 Å². The van der Waals surface area contributed by atoms with Crippen LogP contribution >= 0.6 is 8.53 Å². The molecule has 0 saturated carbocycles. The number of carbonyl (C=O) groups is 1. The van der Waals surface area contributed by atoms with E-state index in [0.717, 1.165) is 16.7 Å². The van der Waals surface area contributed by atoms with Gasteiger partial charge in [0.2, 0.25) is 0 Å². The van der Waals surface area contributed by atoms with Gasteiger partial charge < -0.3 is 28.6 Å². The van der Waals surface area contributed by atoms with E-state index in [1.165, 1.54) is 0 Å². The van der Waals surface area contributed by atoms with Crippen molar-refractivity contribution in [1.82, 2.24) is 9.99 Å². The maximum atomic E-state index is 13.9. The van der Waals surface area contributed by atoms with Crippen LogP contribution in [0.5, 0.6) is 11.5 Å². The van der Waals surface area contributed by atoms with E-state index in [1.807, 2.05) is 85.8 Å². The van der Waals surface area contributed by atoms with Crippen molar-refractivity contribution in [3.8, 4) is 29.9 Å². The number of rotatable bonds is 19. The number of nitriles is 1. The van der Waals surface area contributed by atoms with Gasteiger partial charge in [-0.15, -0.1) is 6.42 Å². The molecule has 0 fully saturated rings. The van der Waals surface area contributed by atoms with Gasteiger partial charge in [0.1, 0.15) is 17.1 Å². The van der Waals surface area contributed by atoms with Crippen molar-refractivity contribution in [2.24, 2.45) is 0 Å². The highest BCUT2D eigenvalue weighted by Crippen LogP contribution is 2.48. The first-order chi connectivity index (χ1) is 25.6. The fraction of sp³-hybridized carbons (Fsp3) is 0.349. The SMILES string of the molecule is C#Cc1ccc(C(=O)N[C@@H](COC(c2ccccc2)(c2ccc(OC)cc2)c2ccc(OC)cc2)[C@H](C)OP(OCCC#N)N(C(C)C)C(C)C)cc1. The van der Waals surface area contributed by atoms with Crippen molar-refractivity contribution in [3.63, 3.8) is 0 Å². The van der Waals surface area contributed by atoms with Crippen molar-refractivity contribution < 1.29 is 28.1 Å². The van der Waals surface area contributed by atoms with E-state index in [2.05, 4.69) is 49.7 Å². The lowest BCUT2D eigenvalue weighted by Crippen LogP contribution is -2.49. The molecule has 0 aliphatic rings. The normalized spacial score (nSPS) is 13.2. The monoisotopic (exact) mass is 735 g/mol. The molecule has 0 aromatic heterocycles. The summed E-state index contributed by atoms with van der Waals surface area (Å²) in [6.07, 6.45) is 5.20. The molecule has 4 aromatic rings. The molecule has 1 unspecified atom stereocenters. The number of terminal acetylenes is 1. The molecule has 0 aliphatic heterocycles. The summed E-state index contributed by atoms with van der Waals surface area (Å²) in [6, 6.07) is 34.1. The Kier molecular flexibility index (Phi) is 15.4. The van der Waals surface area contributed by atoms with Crippen LogP contribution < -0.4 is 14.8 Å². The third-order valence-electron chi connectivity index (χ3n) is 8.77. The Hall–Kier alpha value is -4.73. The Morgan fingerprint density at radius 2 is 1.34 bits per heavy atom. The fourth-order valence-electron chi connectivity index (χ4n) is 6.06. The summed E-state index contributed by atoms with van der Waals surface area (Å²) in [5.41, 5.74) is 2.57. The molecule has 10 heteroatoms. The smallest absolute Gasteiger partial charge is 0.259 e. The van der Waals surface area contributed by atoms with Crippen molar-refractivity contribution in [2.45, 2.75) is 70.9 Å². The van der Waals surface area contributed by atoms with Gasteiger partial charge >= 0.3 is 0 Å². The molecule has 0 saturated heterocycles. The highest BCUT2D eigenvalue weighted by Gasteiger charge is 2.40. The predicted molar refractivity (Wildman–Crippen MR) is 210 cm³/mol. The van der Waals surface area contributed by atoms with E-state index in [0.29, 0.717) is 22.6 Å². The van der Waals surface area contributed by atoms with Crippen LogP contribution in [0.15, 0.2) is 103 Å². The lowest BCUT2D eigenvalue weighted by atomic mass is 9.80. The first-order valence-corrected chi connectivity index (χ1v) is 18.8. The molecule has 0 radical (unpaired) electrons. The van der Waals surface area contributed by atoms with Gasteiger partial charge in [-0.3, -0.25) is 4.79 Å². The summed E-state index contributed by atoms with van der Waals surface area (Å²) >= 11 is 0. The molecular formula is C43H50N3O6P. The Morgan fingerprint density at radius 3 is 1.81 bits per heavy atom. The first-order valence-electron chi connectivity index (χ1n) is 17.7. The van der Waals surface area contributed by atoms with Crippen LogP contribution in [0.25, 0.3) is 0 Å². The highest BCUT2D eigenvalue weighted by atomic mass is 31.2. The second kappa shape index (κ2) is 19.9. The maximum absolute atomic E-state index is 13.9. The molecule has 4 aromatic carbocycles. The number of hydrogen-bond donors (Lipinski definition) is 1. The second-order valence-corrected chi connectivity index (χ2v) is 14.4. The van der Waals surface area contributed by atoms with E-state index in [9.17, 15) is 10.1 Å². The minimum Gasteiger partial charge on any atom is -0.497 e. The number of amides is 1. The molecule has 1 amide bonds. The van der Waals surface area contributed by atoms with Crippen LogP contribution in [-0.2, 0) is 19.4 Å².